The molecule has 1 aromatic carbocycles. The smallest absolute Gasteiger partial charge is 0.278 e. The van der Waals surface area contributed by atoms with E-state index in [1.165, 1.54) is 16.0 Å². The highest BCUT2D eigenvalue weighted by Gasteiger charge is 2.27. The van der Waals surface area contributed by atoms with Crippen LogP contribution in [0.2, 0.25) is 0 Å². The van der Waals surface area contributed by atoms with Crippen molar-refractivity contribution in [1.82, 2.24) is 9.80 Å². The summed E-state index contributed by atoms with van der Waals surface area (Å²) in [5.41, 5.74) is 2.65. The molecule has 1 N–H and O–H groups in total. The van der Waals surface area contributed by atoms with Crippen LogP contribution < -0.4 is 4.90 Å². The molecule has 0 saturated carbocycles. The second-order valence-electron chi connectivity index (χ2n) is 6.27. The van der Waals surface area contributed by atoms with Crippen LogP contribution >= 0.6 is 0 Å². The molecule has 1 saturated heterocycles. The van der Waals surface area contributed by atoms with Crippen molar-refractivity contribution in [2.24, 2.45) is 0 Å². The molecule has 3 rings (SSSR count). The average molecular weight is 302 g/mol. The number of piperazine rings is 1. The number of carbonyl (C=O) groups is 2. The van der Waals surface area contributed by atoms with E-state index in [1.807, 2.05) is 15.9 Å². The molecule has 0 atom stereocenters. The van der Waals surface area contributed by atoms with E-state index in [-0.39, 0.29) is 11.8 Å². The summed E-state index contributed by atoms with van der Waals surface area (Å²) in [7, 11) is 0. The molecule has 5 nitrogen and oxygen atoms in total. The van der Waals surface area contributed by atoms with Gasteiger partial charge in [-0.2, -0.15) is 0 Å². The van der Waals surface area contributed by atoms with Gasteiger partial charge < -0.3 is 14.7 Å². The molecule has 2 aliphatic rings. The second kappa shape index (κ2) is 6.48. The first-order valence-corrected chi connectivity index (χ1v) is 8.07. The van der Waals surface area contributed by atoms with Crippen molar-refractivity contribution in [1.29, 1.82) is 0 Å². The van der Waals surface area contributed by atoms with Crippen LogP contribution in [0.15, 0.2) is 24.3 Å². The molecule has 5 heteroatoms. The lowest BCUT2D eigenvalue weighted by Crippen LogP contribution is -3.15. The molecule has 2 heterocycles. The molecular formula is C17H24N3O2+. The van der Waals surface area contributed by atoms with Crippen molar-refractivity contribution >= 4 is 11.8 Å². The van der Waals surface area contributed by atoms with Crippen molar-refractivity contribution in [3.05, 3.63) is 35.4 Å². The van der Waals surface area contributed by atoms with Gasteiger partial charge in [0.25, 0.3) is 5.91 Å². The fraction of sp³-hybridized carbons (Fsp3) is 0.529. The van der Waals surface area contributed by atoms with E-state index in [4.69, 9.17) is 0 Å². The molecule has 0 bridgehead atoms. The quantitative estimate of drug-likeness (QED) is 0.787. The molecule has 0 aromatic heterocycles. The maximum Gasteiger partial charge on any atom is 0.278 e. The molecule has 0 aliphatic carbocycles. The number of rotatable bonds is 2. The lowest BCUT2D eigenvalue weighted by Gasteiger charge is -2.33. The third-order valence-corrected chi connectivity index (χ3v) is 4.80. The van der Waals surface area contributed by atoms with E-state index in [0.717, 1.165) is 45.7 Å². The van der Waals surface area contributed by atoms with Gasteiger partial charge in [0.2, 0.25) is 5.91 Å². The Morgan fingerprint density at radius 1 is 1.05 bits per heavy atom. The Morgan fingerprint density at radius 2 is 1.73 bits per heavy atom. The molecule has 1 aromatic rings. The predicted octanol–water partition coefficient (Wildman–Crippen LogP) is -0.682. The van der Waals surface area contributed by atoms with Crippen molar-refractivity contribution in [3.63, 3.8) is 0 Å². The van der Waals surface area contributed by atoms with Crippen LogP contribution in [0, 0.1) is 0 Å². The normalized spacial score (nSPS) is 19.0. The van der Waals surface area contributed by atoms with Crippen molar-refractivity contribution < 1.29 is 14.5 Å². The Bertz CT molecular complexity index is 565. The van der Waals surface area contributed by atoms with Gasteiger partial charge in [-0.3, -0.25) is 9.59 Å². The van der Waals surface area contributed by atoms with Crippen LogP contribution in [0.5, 0.6) is 0 Å². The topological polar surface area (TPSA) is 45.1 Å². The summed E-state index contributed by atoms with van der Waals surface area (Å²) >= 11 is 0. The van der Waals surface area contributed by atoms with Gasteiger partial charge in [0, 0.05) is 20.0 Å². The zero-order chi connectivity index (χ0) is 15.5. The maximum absolute atomic E-state index is 12.5. The van der Waals surface area contributed by atoms with Gasteiger partial charge in [0.1, 0.15) is 0 Å². The Morgan fingerprint density at radius 3 is 2.41 bits per heavy atom. The number of amides is 2. The summed E-state index contributed by atoms with van der Waals surface area (Å²) < 4.78 is 0. The Labute approximate surface area is 131 Å². The molecule has 0 unspecified atom stereocenters. The zero-order valence-electron chi connectivity index (χ0n) is 13.2. The first-order valence-electron chi connectivity index (χ1n) is 8.07. The first-order chi connectivity index (χ1) is 10.6. The zero-order valence-corrected chi connectivity index (χ0v) is 13.2. The van der Waals surface area contributed by atoms with Crippen molar-refractivity contribution in [2.75, 3.05) is 39.3 Å². The van der Waals surface area contributed by atoms with Crippen LogP contribution in [0.4, 0.5) is 0 Å². The number of nitrogens with zero attached hydrogens (tertiary/aromatic N) is 2. The van der Waals surface area contributed by atoms with E-state index in [9.17, 15) is 9.59 Å². The fourth-order valence-electron chi connectivity index (χ4n) is 3.35. The van der Waals surface area contributed by atoms with Gasteiger partial charge >= 0.3 is 0 Å². The summed E-state index contributed by atoms with van der Waals surface area (Å²) in [6.07, 6.45) is 0.954. The third kappa shape index (κ3) is 3.30. The van der Waals surface area contributed by atoms with Gasteiger partial charge in [0.15, 0.2) is 6.54 Å². The summed E-state index contributed by atoms with van der Waals surface area (Å²) in [4.78, 5) is 29.0. The largest absolute Gasteiger partial charge is 0.333 e. The number of nitrogens with one attached hydrogen (secondary N) is 1. The lowest BCUT2D eigenvalue weighted by atomic mass is 10.00. The predicted molar refractivity (Wildman–Crippen MR) is 83.4 cm³/mol. The third-order valence-electron chi connectivity index (χ3n) is 4.80. The number of fused-ring (bicyclic) bond motifs is 1. The molecule has 0 radical (unpaired) electrons. The van der Waals surface area contributed by atoms with E-state index in [0.29, 0.717) is 6.54 Å². The van der Waals surface area contributed by atoms with Gasteiger partial charge in [-0.05, 0) is 17.5 Å². The molecule has 1 fully saturated rings. The second-order valence-corrected chi connectivity index (χ2v) is 6.27. The van der Waals surface area contributed by atoms with E-state index in [2.05, 4.69) is 18.2 Å². The van der Waals surface area contributed by atoms with E-state index >= 15 is 0 Å². The minimum Gasteiger partial charge on any atom is -0.333 e. The molecule has 2 aliphatic heterocycles. The fourth-order valence-corrected chi connectivity index (χ4v) is 3.35. The van der Waals surface area contributed by atoms with Gasteiger partial charge in [-0.25, -0.2) is 0 Å². The monoisotopic (exact) mass is 302 g/mol. The summed E-state index contributed by atoms with van der Waals surface area (Å²) in [5, 5.41) is 0. The van der Waals surface area contributed by atoms with Crippen LogP contribution in [-0.4, -0.2) is 60.9 Å². The van der Waals surface area contributed by atoms with E-state index < -0.39 is 0 Å². The minimum absolute atomic E-state index is 0.137. The highest BCUT2D eigenvalue weighted by Crippen LogP contribution is 2.18. The molecule has 2 amide bonds. The average Bonchev–Trinajstić information content (AvgIpc) is 2.55. The van der Waals surface area contributed by atoms with E-state index in [1.54, 1.807) is 6.92 Å². The maximum atomic E-state index is 12.5. The van der Waals surface area contributed by atoms with Crippen LogP contribution in [0.25, 0.3) is 0 Å². The number of hydrogen-bond donors (Lipinski definition) is 1. The van der Waals surface area contributed by atoms with Crippen molar-refractivity contribution in [2.45, 2.75) is 19.9 Å². The number of quaternary nitrogens is 1. The highest BCUT2D eigenvalue weighted by molar-refractivity contribution is 5.77. The van der Waals surface area contributed by atoms with Gasteiger partial charge in [-0.1, -0.05) is 24.3 Å². The van der Waals surface area contributed by atoms with Crippen LogP contribution in [0.3, 0.4) is 0 Å². The van der Waals surface area contributed by atoms with Gasteiger partial charge in [0.05, 0.1) is 26.2 Å². The molecule has 22 heavy (non-hydrogen) atoms. The summed E-state index contributed by atoms with van der Waals surface area (Å²) in [5.74, 6) is 0.374. The molecule has 0 spiro atoms. The number of benzene rings is 1. The van der Waals surface area contributed by atoms with Crippen LogP contribution in [0.1, 0.15) is 18.1 Å². The van der Waals surface area contributed by atoms with Gasteiger partial charge in [-0.15, -0.1) is 0 Å². The standard InChI is InChI=1S/C17H23N3O2/c1-14(21)19-10-8-18(9-11-19)13-17(22)20-7-6-15-4-2-3-5-16(15)12-20/h2-5H,6-13H2,1H3/p+1. The Kier molecular flexibility index (Phi) is 4.43. The lowest BCUT2D eigenvalue weighted by molar-refractivity contribution is -0.896. The minimum atomic E-state index is 0.137. The molecular weight excluding hydrogens is 278 g/mol. The summed E-state index contributed by atoms with van der Waals surface area (Å²) in [6.45, 7) is 6.99. The van der Waals surface area contributed by atoms with Crippen LogP contribution in [-0.2, 0) is 22.6 Å². The number of hydrogen-bond acceptors (Lipinski definition) is 2. The highest BCUT2D eigenvalue weighted by atomic mass is 16.2. The van der Waals surface area contributed by atoms with Crippen molar-refractivity contribution in [3.8, 4) is 0 Å². The first kappa shape index (κ1) is 15.0. The Hall–Kier alpha value is -1.88. The summed E-state index contributed by atoms with van der Waals surface area (Å²) in [6, 6.07) is 8.38. The SMILES string of the molecule is CC(=O)N1CC[NH+](CC(=O)N2CCc3ccccc3C2)CC1. The molecule has 118 valence electrons. The Balaban J connectivity index is 1.52. The number of carbonyl (C=O) groups excluding carboxylic acids is 2.